The Bertz CT molecular complexity index is 320. The van der Waals surface area contributed by atoms with E-state index in [1.54, 1.807) is 0 Å². The van der Waals surface area contributed by atoms with Crippen molar-refractivity contribution in [2.45, 2.75) is 50.7 Å². The predicted octanol–water partition coefficient (Wildman–Crippen LogP) is 1.07. The molecule has 2 unspecified atom stereocenters. The summed E-state index contributed by atoms with van der Waals surface area (Å²) in [6.45, 7) is 5.10. The molecule has 1 aliphatic heterocycles. The Morgan fingerprint density at radius 2 is 2.21 bits per heavy atom. The Kier molecular flexibility index (Phi) is 4.81. The first-order chi connectivity index (χ1) is 9.06. The standard InChI is InChI=1S/C14H26N2O3/c1-2-8-19-12-4-3-7-16(9-12)10-14(15,13(17)18)11-5-6-11/h11-12H,2-10,15H2,1H3,(H,17,18). The normalized spacial score (nSPS) is 28.0. The minimum absolute atomic E-state index is 0.155. The monoisotopic (exact) mass is 270 g/mol. The lowest BCUT2D eigenvalue weighted by Gasteiger charge is -2.37. The molecular weight excluding hydrogens is 244 g/mol. The molecular formula is C14H26N2O3. The van der Waals surface area contributed by atoms with Crippen molar-refractivity contribution in [1.29, 1.82) is 0 Å². The molecule has 0 aromatic heterocycles. The average Bonchev–Trinajstić information content (AvgIpc) is 3.21. The average molecular weight is 270 g/mol. The van der Waals surface area contributed by atoms with Crippen molar-refractivity contribution < 1.29 is 14.6 Å². The number of carboxylic acids is 1. The third-order valence-electron chi connectivity index (χ3n) is 4.21. The van der Waals surface area contributed by atoms with Gasteiger partial charge in [0.2, 0.25) is 0 Å². The quantitative estimate of drug-likeness (QED) is 0.723. The first-order valence-electron chi connectivity index (χ1n) is 7.42. The van der Waals surface area contributed by atoms with Gasteiger partial charge >= 0.3 is 5.97 Å². The number of hydrogen-bond acceptors (Lipinski definition) is 4. The number of ether oxygens (including phenoxy) is 1. The fourth-order valence-corrected chi connectivity index (χ4v) is 2.92. The minimum Gasteiger partial charge on any atom is -0.480 e. The van der Waals surface area contributed by atoms with E-state index in [0.29, 0.717) is 6.54 Å². The van der Waals surface area contributed by atoms with Crippen molar-refractivity contribution >= 4 is 5.97 Å². The van der Waals surface area contributed by atoms with Gasteiger partial charge in [-0.25, -0.2) is 0 Å². The van der Waals surface area contributed by atoms with Gasteiger partial charge in [-0.05, 0) is 44.6 Å². The number of carboxylic acid groups (broad SMARTS) is 1. The van der Waals surface area contributed by atoms with Crippen molar-refractivity contribution in [2.75, 3.05) is 26.2 Å². The van der Waals surface area contributed by atoms with Crippen LogP contribution in [0.15, 0.2) is 0 Å². The Hall–Kier alpha value is -0.650. The number of likely N-dealkylation sites (tertiary alicyclic amines) is 1. The van der Waals surface area contributed by atoms with Gasteiger partial charge in [0, 0.05) is 19.7 Å². The molecule has 2 rings (SSSR count). The molecule has 0 bridgehead atoms. The SMILES string of the molecule is CCCOC1CCCN(CC(N)(C(=O)O)C2CC2)C1. The van der Waals surface area contributed by atoms with Gasteiger partial charge in [-0.1, -0.05) is 6.92 Å². The summed E-state index contributed by atoms with van der Waals surface area (Å²) >= 11 is 0. The number of hydrogen-bond donors (Lipinski definition) is 2. The zero-order valence-corrected chi connectivity index (χ0v) is 11.8. The summed E-state index contributed by atoms with van der Waals surface area (Å²) in [6, 6.07) is 0. The second-order valence-corrected chi connectivity index (χ2v) is 5.99. The Labute approximate surface area is 115 Å². The molecule has 2 atom stereocenters. The highest BCUT2D eigenvalue weighted by Crippen LogP contribution is 2.39. The van der Waals surface area contributed by atoms with E-state index >= 15 is 0 Å². The van der Waals surface area contributed by atoms with E-state index in [1.807, 2.05) is 0 Å². The first-order valence-corrected chi connectivity index (χ1v) is 7.42. The summed E-state index contributed by atoms with van der Waals surface area (Å²) in [4.78, 5) is 13.6. The van der Waals surface area contributed by atoms with Crippen LogP contribution in [0.4, 0.5) is 0 Å². The smallest absolute Gasteiger partial charge is 0.325 e. The van der Waals surface area contributed by atoms with Crippen LogP contribution in [0.25, 0.3) is 0 Å². The fourth-order valence-electron chi connectivity index (χ4n) is 2.92. The van der Waals surface area contributed by atoms with Gasteiger partial charge in [-0.15, -0.1) is 0 Å². The van der Waals surface area contributed by atoms with Gasteiger partial charge in [-0.2, -0.15) is 0 Å². The van der Waals surface area contributed by atoms with Crippen LogP contribution in [-0.4, -0.2) is 53.9 Å². The fraction of sp³-hybridized carbons (Fsp3) is 0.929. The van der Waals surface area contributed by atoms with Gasteiger partial charge in [0.1, 0.15) is 5.54 Å². The number of nitrogens with zero attached hydrogens (tertiary/aromatic N) is 1. The van der Waals surface area contributed by atoms with Crippen molar-refractivity contribution in [2.24, 2.45) is 11.7 Å². The lowest BCUT2D eigenvalue weighted by Crippen LogP contribution is -2.59. The van der Waals surface area contributed by atoms with Gasteiger partial charge in [0.15, 0.2) is 0 Å². The molecule has 5 heteroatoms. The van der Waals surface area contributed by atoms with Crippen LogP contribution in [0.5, 0.6) is 0 Å². The molecule has 0 radical (unpaired) electrons. The summed E-state index contributed by atoms with van der Waals surface area (Å²) in [5, 5.41) is 9.40. The van der Waals surface area contributed by atoms with Gasteiger partial charge in [-0.3, -0.25) is 9.69 Å². The van der Waals surface area contributed by atoms with Crippen molar-refractivity contribution in [3.63, 3.8) is 0 Å². The second kappa shape index (κ2) is 6.20. The number of aliphatic carboxylic acids is 1. The van der Waals surface area contributed by atoms with E-state index in [-0.39, 0.29) is 12.0 Å². The maximum Gasteiger partial charge on any atom is 0.325 e. The summed E-state index contributed by atoms with van der Waals surface area (Å²) in [7, 11) is 0. The van der Waals surface area contributed by atoms with E-state index < -0.39 is 11.5 Å². The van der Waals surface area contributed by atoms with E-state index in [0.717, 1.165) is 51.8 Å². The van der Waals surface area contributed by atoms with Crippen LogP contribution < -0.4 is 5.73 Å². The van der Waals surface area contributed by atoms with Crippen LogP contribution in [0, 0.1) is 5.92 Å². The Morgan fingerprint density at radius 3 is 2.79 bits per heavy atom. The molecule has 1 saturated heterocycles. The lowest BCUT2D eigenvalue weighted by molar-refractivity contribution is -0.145. The molecule has 2 aliphatic rings. The molecule has 5 nitrogen and oxygen atoms in total. The highest BCUT2D eigenvalue weighted by molar-refractivity contribution is 5.79. The summed E-state index contributed by atoms with van der Waals surface area (Å²) in [5.41, 5.74) is 5.08. The summed E-state index contributed by atoms with van der Waals surface area (Å²) in [5.74, 6) is -0.700. The molecule has 110 valence electrons. The number of nitrogens with two attached hydrogens (primary N) is 1. The number of carbonyl (C=O) groups is 1. The summed E-state index contributed by atoms with van der Waals surface area (Å²) < 4.78 is 5.78. The summed E-state index contributed by atoms with van der Waals surface area (Å²) in [6.07, 6.45) is 5.30. The van der Waals surface area contributed by atoms with E-state index in [9.17, 15) is 9.90 Å². The first kappa shape index (κ1) is 14.8. The molecule has 19 heavy (non-hydrogen) atoms. The molecule has 1 saturated carbocycles. The zero-order chi connectivity index (χ0) is 13.9. The Morgan fingerprint density at radius 1 is 1.47 bits per heavy atom. The van der Waals surface area contributed by atoms with E-state index in [2.05, 4.69) is 11.8 Å². The van der Waals surface area contributed by atoms with Crippen molar-refractivity contribution in [1.82, 2.24) is 4.90 Å². The molecule has 2 fully saturated rings. The van der Waals surface area contributed by atoms with Crippen LogP contribution in [-0.2, 0) is 9.53 Å². The Balaban J connectivity index is 1.88. The van der Waals surface area contributed by atoms with Crippen LogP contribution in [0.2, 0.25) is 0 Å². The molecule has 0 aromatic rings. The second-order valence-electron chi connectivity index (χ2n) is 5.99. The number of piperidine rings is 1. The molecule has 0 aromatic carbocycles. The van der Waals surface area contributed by atoms with Gasteiger partial charge < -0.3 is 15.6 Å². The highest BCUT2D eigenvalue weighted by Gasteiger charge is 2.49. The third kappa shape index (κ3) is 3.68. The maximum absolute atomic E-state index is 11.4. The molecule has 1 heterocycles. The highest BCUT2D eigenvalue weighted by atomic mass is 16.5. The molecule has 0 amide bonds. The topological polar surface area (TPSA) is 75.8 Å². The van der Waals surface area contributed by atoms with Crippen molar-refractivity contribution in [3.8, 4) is 0 Å². The van der Waals surface area contributed by atoms with E-state index in [1.165, 1.54) is 0 Å². The van der Waals surface area contributed by atoms with Crippen LogP contribution in [0.1, 0.15) is 39.0 Å². The third-order valence-corrected chi connectivity index (χ3v) is 4.21. The van der Waals surface area contributed by atoms with Crippen molar-refractivity contribution in [3.05, 3.63) is 0 Å². The number of rotatable bonds is 7. The van der Waals surface area contributed by atoms with Gasteiger partial charge in [0.25, 0.3) is 0 Å². The van der Waals surface area contributed by atoms with Crippen LogP contribution >= 0.6 is 0 Å². The molecule has 0 spiro atoms. The minimum atomic E-state index is -1.06. The van der Waals surface area contributed by atoms with Gasteiger partial charge in [0.05, 0.1) is 6.10 Å². The lowest BCUT2D eigenvalue weighted by atomic mass is 9.92. The predicted molar refractivity (Wildman–Crippen MR) is 73.0 cm³/mol. The largest absolute Gasteiger partial charge is 0.480 e. The molecule has 1 aliphatic carbocycles. The molecule has 3 N–H and O–H groups in total. The van der Waals surface area contributed by atoms with E-state index in [4.69, 9.17) is 10.5 Å². The maximum atomic E-state index is 11.4. The van der Waals surface area contributed by atoms with Crippen LogP contribution in [0.3, 0.4) is 0 Å². The zero-order valence-electron chi connectivity index (χ0n) is 11.8.